The van der Waals surface area contributed by atoms with Gasteiger partial charge in [0.2, 0.25) is 0 Å². The number of allylic oxidation sites excluding steroid dienone is 8. The van der Waals surface area contributed by atoms with Gasteiger partial charge in [0, 0.05) is 49.9 Å². The van der Waals surface area contributed by atoms with E-state index in [0.717, 1.165) is 114 Å². The highest BCUT2D eigenvalue weighted by Crippen LogP contribution is 2.54. The van der Waals surface area contributed by atoms with Crippen molar-refractivity contribution in [3.63, 3.8) is 0 Å². The van der Waals surface area contributed by atoms with Gasteiger partial charge in [0.1, 0.15) is 73.6 Å². The molecule has 0 unspecified atom stereocenters. The Labute approximate surface area is 651 Å². The first-order valence-electron chi connectivity index (χ1n) is 40.6. The molecule has 2 N–H and O–H groups in total. The van der Waals surface area contributed by atoms with Gasteiger partial charge >= 0.3 is 35.8 Å². The molecule has 22 nitrogen and oxygen atoms in total. The second-order valence-electron chi connectivity index (χ2n) is 35.2. The van der Waals surface area contributed by atoms with Gasteiger partial charge in [-0.1, -0.05) is 107 Å². The molecule has 8 saturated heterocycles. The molecule has 0 aromatic heterocycles. The molecular formula is C88H124N4O18. The Bertz CT molecular complexity index is 3740. The number of rotatable bonds is 20. The lowest BCUT2D eigenvalue weighted by Gasteiger charge is -2.27. The number of benzene rings is 2. The average Bonchev–Trinajstić information content (AvgIpc) is 1.59. The van der Waals surface area contributed by atoms with Crippen molar-refractivity contribution in [1.82, 2.24) is 20.4 Å². The van der Waals surface area contributed by atoms with Gasteiger partial charge in [-0.15, -0.1) is 0 Å². The Morgan fingerprint density at radius 1 is 0.464 bits per heavy atom. The number of nitrogens with zero attached hydrogens (tertiary/aromatic N) is 2. The number of hydrogen-bond acceptors (Lipinski definition) is 22. The normalized spacial score (nSPS) is 37.2. The standard InChI is InChI=1S/C25H33NO5.C24H31NO5.C20H31NO4.C19H29NO4/c1-17-8-7-13-25(2)23(31-25)22-19(12-11-17)20(24(28)30-22)14-26(3)15-21(27)29-16-18-9-5-4-6-10-18;1-16-7-6-12-24(2)22(30-24)21-18(11-10-16)19(23(27)29-21)13-25-14-20(26)28-15-17-8-4-3-5-9-17;1-12-7-6-10-20(5)17(25-20)16-14(9-8-12)15(18(23)24-16)11-21-19(3,4)13(2)22;1-12-6-5-9-19(3)17(24-19)16-14(8-7-12)15(18(22)23-16)11-20(4)10-13(2)21/h4-6,8-10,19-20,22-23H,7,11-16H2,1-3H3;3-5,7-9,18-19,21-22,25H,6,10-15H2,1-2H3;7,14-17,21H,6,8-11H2,1-5H3;6,14-17H,5,7-11H2,1-4H3/b17-8+;16-7+;12-7+;12-6+/t19-,20-,22-,23-,25+;18-,19-,21-,22-,24+;14-,15-,16-,17-,20+;14-,15-,16-,17-,19+/m0000/s1. The molecular weight excluding hydrogens is 1400 g/mol. The quantitative estimate of drug-likeness (QED) is 0.0539. The van der Waals surface area contributed by atoms with Gasteiger partial charge in [-0.25, -0.2) is 0 Å². The van der Waals surface area contributed by atoms with E-state index in [-0.39, 0.29) is 192 Å². The number of epoxide rings is 4. The Balaban J connectivity index is 0.000000146. The zero-order valence-corrected chi connectivity index (χ0v) is 67.7. The number of nitrogens with one attached hydrogen (secondary N) is 2. The van der Waals surface area contributed by atoms with Gasteiger partial charge in [0.15, 0.2) is 0 Å². The van der Waals surface area contributed by atoms with Gasteiger partial charge < -0.3 is 58.0 Å². The molecule has 2 aromatic carbocycles. The highest BCUT2D eigenvalue weighted by molar-refractivity contribution is 5.85. The van der Waals surface area contributed by atoms with Crippen LogP contribution in [0.15, 0.2) is 107 Å². The number of ketones is 2. The summed E-state index contributed by atoms with van der Waals surface area (Å²) in [6, 6.07) is 19.2. The van der Waals surface area contributed by atoms with E-state index < -0.39 is 5.54 Å². The lowest BCUT2D eigenvalue weighted by Crippen LogP contribution is -2.49. The van der Waals surface area contributed by atoms with Crippen molar-refractivity contribution in [3.05, 3.63) is 118 Å². The number of likely N-dealkylation sites (N-methyl/N-ethyl adjacent to an activating group) is 2. The van der Waals surface area contributed by atoms with Crippen LogP contribution in [-0.4, -0.2) is 194 Å². The molecule has 12 aliphatic rings. The second-order valence-corrected chi connectivity index (χ2v) is 35.2. The first kappa shape index (κ1) is 84.2. The first-order valence-corrected chi connectivity index (χ1v) is 40.6. The monoisotopic (exact) mass is 1520 g/mol. The summed E-state index contributed by atoms with van der Waals surface area (Å²) in [5.74, 6) is -1.48. The number of fused-ring (bicyclic) bond motifs is 12. The first-order chi connectivity index (χ1) is 52.3. The molecule has 4 aliphatic carbocycles. The van der Waals surface area contributed by atoms with Crippen LogP contribution in [0.4, 0.5) is 0 Å². The van der Waals surface area contributed by atoms with Crippen molar-refractivity contribution in [2.24, 2.45) is 47.3 Å². The molecule has 8 fully saturated rings. The molecule has 2 aromatic rings. The Morgan fingerprint density at radius 3 is 1.13 bits per heavy atom. The Morgan fingerprint density at radius 2 is 0.782 bits per heavy atom. The summed E-state index contributed by atoms with van der Waals surface area (Å²) < 4.78 is 57.9. The zero-order chi connectivity index (χ0) is 79.0. The van der Waals surface area contributed by atoms with E-state index in [1.807, 2.05) is 98.4 Å². The van der Waals surface area contributed by atoms with E-state index in [0.29, 0.717) is 32.7 Å². The third-order valence-corrected chi connectivity index (χ3v) is 25.6. The Hall–Kier alpha value is -6.76. The predicted octanol–water partition coefficient (Wildman–Crippen LogP) is 11.8. The van der Waals surface area contributed by atoms with Crippen LogP contribution in [-0.2, 0) is 98.9 Å². The summed E-state index contributed by atoms with van der Waals surface area (Å²) in [6.07, 6.45) is 23.9. The molecule has 0 bridgehead atoms. The van der Waals surface area contributed by atoms with E-state index in [2.05, 4.69) is 90.3 Å². The second kappa shape index (κ2) is 36.2. The molecule has 110 heavy (non-hydrogen) atoms. The fourth-order valence-corrected chi connectivity index (χ4v) is 18.0. The van der Waals surface area contributed by atoms with Crippen LogP contribution in [0.5, 0.6) is 0 Å². The summed E-state index contributed by atoms with van der Waals surface area (Å²) in [6.45, 7) is 27.0. The maximum atomic E-state index is 12.8. The predicted molar refractivity (Wildman–Crippen MR) is 413 cm³/mol. The van der Waals surface area contributed by atoms with Gasteiger partial charge in [-0.2, -0.15) is 0 Å². The summed E-state index contributed by atoms with van der Waals surface area (Å²) in [4.78, 5) is 102. The smallest absolute Gasteiger partial charge is 0.320 e. The summed E-state index contributed by atoms with van der Waals surface area (Å²) in [5.41, 5.74) is 6.03. The number of Topliss-reactive ketones (excluding diaryl/α,β-unsaturated/α-hetero) is 2. The summed E-state index contributed by atoms with van der Waals surface area (Å²) >= 11 is 0. The highest BCUT2D eigenvalue weighted by atomic mass is 16.7. The minimum Gasteiger partial charge on any atom is -0.460 e. The number of hydrogen-bond donors (Lipinski definition) is 2. The number of carbonyl (C=O) groups is 8. The van der Waals surface area contributed by atoms with Gasteiger partial charge in [-0.3, -0.25) is 48.2 Å². The maximum Gasteiger partial charge on any atom is 0.320 e. The molecule has 20 atom stereocenters. The molecule has 0 spiro atoms. The van der Waals surface area contributed by atoms with Gasteiger partial charge in [0.05, 0.1) is 71.2 Å². The Kier molecular flexibility index (Phi) is 27.7. The fourth-order valence-electron chi connectivity index (χ4n) is 18.0. The molecule has 8 aliphatic heterocycles. The van der Waals surface area contributed by atoms with Crippen molar-refractivity contribution >= 4 is 47.4 Å². The van der Waals surface area contributed by atoms with Crippen molar-refractivity contribution in [1.29, 1.82) is 0 Å². The zero-order valence-electron chi connectivity index (χ0n) is 67.7. The minimum atomic E-state index is -0.630. The van der Waals surface area contributed by atoms with Crippen LogP contribution >= 0.6 is 0 Å². The van der Waals surface area contributed by atoms with Crippen LogP contribution in [0.1, 0.15) is 197 Å². The number of esters is 6. The largest absolute Gasteiger partial charge is 0.460 e. The van der Waals surface area contributed by atoms with Crippen molar-refractivity contribution in [3.8, 4) is 0 Å². The van der Waals surface area contributed by atoms with Crippen LogP contribution in [0.25, 0.3) is 0 Å². The SMILES string of the molecule is C/C1=C\CC[C@@]2(C)O[C@H]2[C@H]2OC(=O)[C@@H](CN(C)CC(=O)OCc3ccccc3)[C@@H]2CC1.C/C1=C\CC[C@@]2(C)O[C@H]2[C@H]2OC(=O)[C@@H](CNCC(=O)OCc3ccccc3)[C@@H]2CC1.CC(=O)C(C)(C)NC[C@@H]1C(=O)O[C@H]2[C@H]1CC/C(C)=C/CC[C@@]1(C)O[C@@H]21.CC(=O)CN(C)C[C@@H]1C(=O)O[C@H]2[C@H]1CC/C(C)=C/CC[C@@]1(C)O[C@@H]21. The molecule has 0 saturated carbocycles. The van der Waals surface area contributed by atoms with E-state index in [9.17, 15) is 38.4 Å². The minimum absolute atomic E-state index is 0.0130. The molecule has 8 heterocycles. The third kappa shape index (κ3) is 21.6. The van der Waals surface area contributed by atoms with E-state index >= 15 is 0 Å². The van der Waals surface area contributed by atoms with E-state index in [1.54, 1.807) is 13.8 Å². The summed E-state index contributed by atoms with van der Waals surface area (Å²) in [5, 5.41) is 6.38. The van der Waals surface area contributed by atoms with Gasteiger partial charge in [0.25, 0.3) is 0 Å². The maximum absolute atomic E-state index is 12.8. The lowest BCUT2D eigenvalue weighted by molar-refractivity contribution is -0.148. The van der Waals surface area contributed by atoms with Crippen LogP contribution in [0, 0.1) is 47.3 Å². The molecule has 22 heteroatoms. The highest BCUT2D eigenvalue weighted by Gasteiger charge is 2.66. The van der Waals surface area contributed by atoms with Crippen LogP contribution in [0.2, 0.25) is 0 Å². The van der Waals surface area contributed by atoms with Gasteiger partial charge in [-0.05, 0) is 211 Å². The summed E-state index contributed by atoms with van der Waals surface area (Å²) in [7, 11) is 3.75. The molecule has 604 valence electrons. The number of carbonyl (C=O) groups excluding carboxylic acids is 8. The fraction of sp³-hybridized carbons (Fsp3) is 0.682. The van der Waals surface area contributed by atoms with Crippen LogP contribution < -0.4 is 10.6 Å². The molecule has 14 rings (SSSR count). The van der Waals surface area contributed by atoms with Crippen molar-refractivity contribution in [2.75, 3.05) is 59.9 Å². The van der Waals surface area contributed by atoms with Crippen molar-refractivity contribution in [2.45, 2.75) is 276 Å². The van der Waals surface area contributed by atoms with E-state index in [4.69, 9.17) is 47.4 Å². The molecule has 0 radical (unpaired) electrons. The average molecular weight is 1530 g/mol. The number of ether oxygens (including phenoxy) is 10. The third-order valence-electron chi connectivity index (χ3n) is 25.6. The topological polar surface area (TPSA) is 273 Å². The molecule has 0 amide bonds. The van der Waals surface area contributed by atoms with Crippen molar-refractivity contribution < 1.29 is 85.7 Å². The van der Waals surface area contributed by atoms with E-state index in [1.165, 1.54) is 22.3 Å². The lowest BCUT2D eigenvalue weighted by atomic mass is 9.80. The van der Waals surface area contributed by atoms with Crippen LogP contribution in [0.3, 0.4) is 0 Å².